The molecule has 1 atom stereocenters. The van der Waals surface area contributed by atoms with E-state index in [4.69, 9.17) is 0 Å². The molecule has 1 rings (SSSR count). The van der Waals surface area contributed by atoms with Crippen LogP contribution in [0.3, 0.4) is 0 Å². The standard InChI is InChI=1S/C9H9BrFNO2/c10-5-1-2-7(11)6(3-5)8(12)4-9(13)14/h1-3,8H,4,12H2,(H,13,14)/t8-/m0/s1. The number of benzene rings is 1. The highest BCUT2D eigenvalue weighted by Gasteiger charge is 2.15. The van der Waals surface area contributed by atoms with Crippen LogP contribution in [0.4, 0.5) is 4.39 Å². The molecule has 0 amide bonds. The van der Waals surface area contributed by atoms with Crippen molar-refractivity contribution in [3.05, 3.63) is 34.1 Å². The second-order valence-electron chi connectivity index (χ2n) is 2.94. The number of rotatable bonds is 3. The first-order valence-electron chi connectivity index (χ1n) is 3.98. The molecular weight excluding hydrogens is 253 g/mol. The van der Waals surface area contributed by atoms with Gasteiger partial charge in [0, 0.05) is 22.4 Å². The number of hydrogen-bond donors (Lipinski definition) is 1. The molecule has 0 aromatic heterocycles. The van der Waals surface area contributed by atoms with Crippen molar-refractivity contribution in [2.45, 2.75) is 12.5 Å². The summed E-state index contributed by atoms with van der Waals surface area (Å²) in [6.45, 7) is 0. The van der Waals surface area contributed by atoms with E-state index < -0.39 is 17.8 Å². The average Bonchev–Trinajstić information content (AvgIpc) is 2.08. The molecule has 5 heteroatoms. The maximum absolute atomic E-state index is 13.2. The lowest BCUT2D eigenvalue weighted by molar-refractivity contribution is -0.431. The zero-order chi connectivity index (χ0) is 10.7. The SMILES string of the molecule is [NH3+][C@@H](CC(=O)[O-])c1cc(Br)ccc1F. The Kier molecular flexibility index (Phi) is 3.60. The third-order valence-electron chi connectivity index (χ3n) is 1.81. The molecule has 0 aliphatic carbocycles. The van der Waals surface area contributed by atoms with Crippen molar-refractivity contribution in [3.8, 4) is 0 Å². The summed E-state index contributed by atoms with van der Waals surface area (Å²) in [7, 11) is 0. The number of halogens is 2. The molecule has 0 saturated carbocycles. The van der Waals surface area contributed by atoms with Crippen LogP contribution in [-0.4, -0.2) is 5.97 Å². The molecule has 0 radical (unpaired) electrons. The van der Waals surface area contributed by atoms with Crippen molar-refractivity contribution in [2.75, 3.05) is 0 Å². The Balaban J connectivity index is 2.93. The Morgan fingerprint density at radius 1 is 1.64 bits per heavy atom. The summed E-state index contributed by atoms with van der Waals surface area (Å²) in [4.78, 5) is 10.3. The number of hydrogen-bond acceptors (Lipinski definition) is 2. The summed E-state index contributed by atoms with van der Waals surface area (Å²) >= 11 is 3.17. The fourth-order valence-electron chi connectivity index (χ4n) is 1.14. The van der Waals surface area contributed by atoms with Gasteiger partial charge in [0.05, 0.1) is 0 Å². The summed E-state index contributed by atoms with van der Waals surface area (Å²) in [5.41, 5.74) is 3.85. The molecule has 1 aromatic rings. The third kappa shape index (κ3) is 2.78. The van der Waals surface area contributed by atoms with Gasteiger partial charge in [-0.3, -0.25) is 0 Å². The van der Waals surface area contributed by atoms with Crippen LogP contribution in [-0.2, 0) is 4.79 Å². The van der Waals surface area contributed by atoms with Crippen LogP contribution >= 0.6 is 15.9 Å². The van der Waals surface area contributed by atoms with Gasteiger partial charge in [0.1, 0.15) is 11.9 Å². The molecular formula is C9H9BrFNO2. The van der Waals surface area contributed by atoms with Gasteiger partial charge in [0.2, 0.25) is 0 Å². The smallest absolute Gasteiger partial charge is 0.132 e. The minimum atomic E-state index is -1.23. The molecule has 1 aromatic carbocycles. The van der Waals surface area contributed by atoms with Crippen LogP contribution in [0.25, 0.3) is 0 Å². The minimum absolute atomic E-state index is 0.281. The fourth-order valence-corrected chi connectivity index (χ4v) is 1.52. The molecule has 0 heterocycles. The lowest BCUT2D eigenvalue weighted by atomic mass is 10.0. The van der Waals surface area contributed by atoms with E-state index in [9.17, 15) is 14.3 Å². The molecule has 0 unspecified atom stereocenters. The Hall–Kier alpha value is -0.940. The summed E-state index contributed by atoms with van der Waals surface area (Å²) in [6.07, 6.45) is -0.284. The van der Waals surface area contributed by atoms with E-state index in [-0.39, 0.29) is 12.0 Å². The van der Waals surface area contributed by atoms with Gasteiger partial charge >= 0.3 is 0 Å². The summed E-state index contributed by atoms with van der Waals surface area (Å²) in [6, 6.07) is 3.71. The van der Waals surface area contributed by atoms with Gasteiger partial charge in [0.15, 0.2) is 0 Å². The summed E-state index contributed by atoms with van der Waals surface area (Å²) < 4.78 is 13.9. The van der Waals surface area contributed by atoms with Crippen LogP contribution in [0.2, 0.25) is 0 Å². The number of carboxylic acid groups (broad SMARTS) is 1. The molecule has 3 N–H and O–H groups in total. The Morgan fingerprint density at radius 3 is 2.86 bits per heavy atom. The van der Waals surface area contributed by atoms with Crippen LogP contribution in [0.1, 0.15) is 18.0 Å². The lowest BCUT2D eigenvalue weighted by Gasteiger charge is -2.10. The van der Waals surface area contributed by atoms with Crippen LogP contribution < -0.4 is 10.8 Å². The van der Waals surface area contributed by atoms with E-state index in [0.717, 1.165) is 0 Å². The molecule has 0 spiro atoms. The Labute approximate surface area is 88.9 Å². The first-order valence-corrected chi connectivity index (χ1v) is 4.78. The molecule has 76 valence electrons. The number of carbonyl (C=O) groups excluding carboxylic acids is 1. The second-order valence-corrected chi connectivity index (χ2v) is 3.85. The maximum atomic E-state index is 13.2. The molecule has 0 aliphatic rings. The highest BCUT2D eigenvalue weighted by molar-refractivity contribution is 9.10. The second kappa shape index (κ2) is 4.52. The molecule has 14 heavy (non-hydrogen) atoms. The molecule has 3 nitrogen and oxygen atoms in total. The van der Waals surface area contributed by atoms with Crippen molar-refractivity contribution in [3.63, 3.8) is 0 Å². The van der Waals surface area contributed by atoms with E-state index in [1.165, 1.54) is 12.1 Å². The maximum Gasteiger partial charge on any atom is 0.132 e. The Morgan fingerprint density at radius 2 is 2.29 bits per heavy atom. The van der Waals surface area contributed by atoms with Crippen molar-refractivity contribution in [1.29, 1.82) is 0 Å². The minimum Gasteiger partial charge on any atom is -0.550 e. The van der Waals surface area contributed by atoms with Gasteiger partial charge in [-0.25, -0.2) is 4.39 Å². The lowest BCUT2D eigenvalue weighted by Crippen LogP contribution is -2.55. The van der Waals surface area contributed by atoms with Gasteiger partial charge in [-0.15, -0.1) is 0 Å². The van der Waals surface area contributed by atoms with E-state index in [2.05, 4.69) is 21.7 Å². The van der Waals surface area contributed by atoms with E-state index in [1.807, 2.05) is 0 Å². The molecule has 0 bridgehead atoms. The van der Waals surface area contributed by atoms with Gasteiger partial charge in [0.25, 0.3) is 0 Å². The third-order valence-corrected chi connectivity index (χ3v) is 2.30. The van der Waals surface area contributed by atoms with Crippen LogP contribution in [0.15, 0.2) is 22.7 Å². The zero-order valence-corrected chi connectivity index (χ0v) is 8.88. The van der Waals surface area contributed by atoms with E-state index >= 15 is 0 Å². The first-order chi connectivity index (χ1) is 6.50. The number of carboxylic acids is 1. The highest BCUT2D eigenvalue weighted by Crippen LogP contribution is 2.20. The average molecular weight is 262 g/mol. The number of quaternary nitrogens is 1. The highest BCUT2D eigenvalue weighted by atomic mass is 79.9. The fraction of sp³-hybridized carbons (Fsp3) is 0.222. The summed E-state index contributed by atoms with van der Waals surface area (Å²) in [5.74, 6) is -1.68. The van der Waals surface area contributed by atoms with Crippen molar-refractivity contribution in [1.82, 2.24) is 0 Å². The predicted molar refractivity (Wildman–Crippen MR) is 49.4 cm³/mol. The molecule has 0 fully saturated rings. The van der Waals surface area contributed by atoms with Crippen LogP contribution in [0, 0.1) is 5.82 Å². The first kappa shape index (κ1) is 11.1. The van der Waals surface area contributed by atoms with E-state index in [0.29, 0.717) is 4.47 Å². The number of aliphatic carboxylic acids is 1. The molecule has 0 aliphatic heterocycles. The number of carbonyl (C=O) groups is 1. The summed E-state index contributed by atoms with van der Waals surface area (Å²) in [5, 5.41) is 10.3. The van der Waals surface area contributed by atoms with Crippen molar-refractivity contribution in [2.24, 2.45) is 0 Å². The topological polar surface area (TPSA) is 67.8 Å². The van der Waals surface area contributed by atoms with Crippen molar-refractivity contribution < 1.29 is 20.0 Å². The quantitative estimate of drug-likeness (QED) is 0.833. The normalized spacial score (nSPS) is 12.5. The van der Waals surface area contributed by atoms with E-state index in [1.54, 1.807) is 6.07 Å². The largest absolute Gasteiger partial charge is 0.550 e. The zero-order valence-electron chi connectivity index (χ0n) is 7.30. The Bertz CT molecular complexity index is 357. The van der Waals surface area contributed by atoms with Gasteiger partial charge in [-0.2, -0.15) is 0 Å². The predicted octanol–water partition coefficient (Wildman–Crippen LogP) is 0.0112. The molecule has 0 saturated heterocycles. The van der Waals surface area contributed by atoms with Crippen molar-refractivity contribution >= 4 is 21.9 Å². The van der Waals surface area contributed by atoms with Gasteiger partial charge in [-0.1, -0.05) is 15.9 Å². The van der Waals surface area contributed by atoms with Gasteiger partial charge in [-0.05, 0) is 18.2 Å². The van der Waals surface area contributed by atoms with Crippen LogP contribution in [0.5, 0.6) is 0 Å². The monoisotopic (exact) mass is 261 g/mol. The van der Waals surface area contributed by atoms with Gasteiger partial charge < -0.3 is 15.6 Å².